The van der Waals surface area contributed by atoms with Crippen molar-refractivity contribution < 1.29 is 0 Å². The summed E-state index contributed by atoms with van der Waals surface area (Å²) in [5, 5.41) is 3.70. The molecular formula is C18H35N. The molecule has 0 aliphatic heterocycles. The van der Waals surface area contributed by atoms with Crippen molar-refractivity contribution >= 4 is 0 Å². The van der Waals surface area contributed by atoms with E-state index in [-0.39, 0.29) is 0 Å². The molecule has 0 aromatic rings. The van der Waals surface area contributed by atoms with Gasteiger partial charge in [-0.3, -0.25) is 0 Å². The molecule has 19 heavy (non-hydrogen) atoms. The quantitative estimate of drug-likeness (QED) is 0.712. The first kappa shape index (κ1) is 15.4. The summed E-state index contributed by atoms with van der Waals surface area (Å²) >= 11 is 0. The van der Waals surface area contributed by atoms with Crippen LogP contribution in [0, 0.1) is 23.7 Å². The van der Waals surface area contributed by atoms with E-state index in [1.807, 2.05) is 0 Å². The smallest absolute Gasteiger partial charge is 0.00104 e. The number of hydrogen-bond acceptors (Lipinski definition) is 1. The first-order valence-electron chi connectivity index (χ1n) is 8.92. The summed E-state index contributed by atoms with van der Waals surface area (Å²) in [6.07, 6.45) is 13.5. The van der Waals surface area contributed by atoms with Crippen LogP contribution >= 0.6 is 0 Å². The summed E-state index contributed by atoms with van der Waals surface area (Å²) in [7, 11) is 0. The summed E-state index contributed by atoms with van der Waals surface area (Å²) < 4.78 is 0. The number of hydrogen-bond donors (Lipinski definition) is 1. The van der Waals surface area contributed by atoms with Crippen LogP contribution in [-0.2, 0) is 0 Å². The second kappa shape index (κ2) is 7.67. The van der Waals surface area contributed by atoms with Crippen LogP contribution in [0.3, 0.4) is 0 Å². The van der Waals surface area contributed by atoms with E-state index < -0.39 is 0 Å². The van der Waals surface area contributed by atoms with Crippen molar-refractivity contribution in [3.05, 3.63) is 0 Å². The van der Waals surface area contributed by atoms with Crippen LogP contribution in [-0.4, -0.2) is 12.6 Å². The van der Waals surface area contributed by atoms with Crippen molar-refractivity contribution in [3.63, 3.8) is 0 Å². The lowest BCUT2D eigenvalue weighted by molar-refractivity contribution is 0.143. The van der Waals surface area contributed by atoms with Gasteiger partial charge in [-0.05, 0) is 49.5 Å². The van der Waals surface area contributed by atoms with Crippen LogP contribution < -0.4 is 5.32 Å². The Kier molecular flexibility index (Phi) is 6.19. The van der Waals surface area contributed by atoms with E-state index in [1.165, 1.54) is 57.9 Å². The molecule has 0 bridgehead atoms. The lowest BCUT2D eigenvalue weighted by Crippen LogP contribution is -2.36. The third-order valence-corrected chi connectivity index (χ3v) is 5.72. The first-order chi connectivity index (χ1) is 9.19. The van der Waals surface area contributed by atoms with Gasteiger partial charge in [-0.15, -0.1) is 0 Å². The van der Waals surface area contributed by atoms with Crippen LogP contribution in [0.2, 0.25) is 0 Å². The number of rotatable bonds is 6. The molecular weight excluding hydrogens is 230 g/mol. The van der Waals surface area contributed by atoms with E-state index >= 15 is 0 Å². The van der Waals surface area contributed by atoms with Crippen LogP contribution in [0.5, 0.6) is 0 Å². The van der Waals surface area contributed by atoms with Crippen LogP contribution in [0.25, 0.3) is 0 Å². The maximum absolute atomic E-state index is 3.70. The second-order valence-corrected chi connectivity index (χ2v) is 7.56. The van der Waals surface area contributed by atoms with Crippen LogP contribution in [0.15, 0.2) is 0 Å². The van der Waals surface area contributed by atoms with E-state index in [9.17, 15) is 0 Å². The van der Waals surface area contributed by atoms with Crippen molar-refractivity contribution in [3.8, 4) is 0 Å². The minimum absolute atomic E-state index is 0.649. The topological polar surface area (TPSA) is 12.0 Å². The van der Waals surface area contributed by atoms with E-state index in [0.717, 1.165) is 23.7 Å². The highest BCUT2D eigenvalue weighted by Crippen LogP contribution is 2.41. The van der Waals surface area contributed by atoms with Crippen molar-refractivity contribution in [2.45, 2.75) is 84.6 Å². The van der Waals surface area contributed by atoms with Crippen molar-refractivity contribution in [2.75, 3.05) is 6.54 Å². The summed E-state index contributed by atoms with van der Waals surface area (Å²) in [4.78, 5) is 0. The van der Waals surface area contributed by atoms with Crippen molar-refractivity contribution in [1.29, 1.82) is 0 Å². The van der Waals surface area contributed by atoms with Gasteiger partial charge in [0.2, 0.25) is 0 Å². The standard InChI is InChI=1S/C18H35N/c1-4-15-9-10-17(13-19-14(2)3)18(11-15)12-16-7-5-6-8-16/h14-19H,4-13H2,1-3H3. The van der Waals surface area contributed by atoms with Gasteiger partial charge in [0.1, 0.15) is 0 Å². The lowest BCUT2D eigenvalue weighted by Gasteiger charge is -2.38. The molecule has 2 saturated carbocycles. The summed E-state index contributed by atoms with van der Waals surface area (Å²) in [6, 6.07) is 0.649. The Hall–Kier alpha value is -0.0400. The molecule has 0 aromatic heterocycles. The average Bonchev–Trinajstić information content (AvgIpc) is 2.90. The Balaban J connectivity index is 1.86. The Morgan fingerprint density at radius 3 is 2.32 bits per heavy atom. The third kappa shape index (κ3) is 4.77. The molecule has 3 unspecified atom stereocenters. The van der Waals surface area contributed by atoms with Gasteiger partial charge in [0.25, 0.3) is 0 Å². The Bertz CT molecular complexity index is 242. The molecule has 0 saturated heterocycles. The van der Waals surface area contributed by atoms with Crippen molar-refractivity contribution in [1.82, 2.24) is 5.32 Å². The molecule has 1 N–H and O–H groups in total. The predicted molar refractivity (Wildman–Crippen MR) is 84.3 cm³/mol. The van der Waals surface area contributed by atoms with Gasteiger partial charge in [0.15, 0.2) is 0 Å². The first-order valence-corrected chi connectivity index (χ1v) is 8.92. The average molecular weight is 265 g/mol. The number of nitrogens with one attached hydrogen (secondary N) is 1. The third-order valence-electron chi connectivity index (χ3n) is 5.72. The molecule has 2 rings (SSSR count). The molecule has 2 aliphatic rings. The molecule has 0 spiro atoms. The Morgan fingerprint density at radius 2 is 1.68 bits per heavy atom. The van der Waals surface area contributed by atoms with Gasteiger partial charge in [-0.25, -0.2) is 0 Å². The second-order valence-electron chi connectivity index (χ2n) is 7.56. The molecule has 3 atom stereocenters. The molecule has 0 radical (unpaired) electrons. The minimum atomic E-state index is 0.649. The summed E-state index contributed by atoms with van der Waals surface area (Å²) in [5.74, 6) is 4.09. The zero-order chi connectivity index (χ0) is 13.7. The Morgan fingerprint density at radius 1 is 0.947 bits per heavy atom. The van der Waals surface area contributed by atoms with E-state index in [4.69, 9.17) is 0 Å². The highest BCUT2D eigenvalue weighted by molar-refractivity contribution is 4.84. The van der Waals surface area contributed by atoms with Crippen LogP contribution in [0.1, 0.15) is 78.6 Å². The fourth-order valence-electron chi connectivity index (χ4n) is 4.41. The van der Waals surface area contributed by atoms with Gasteiger partial charge < -0.3 is 5.32 Å². The largest absolute Gasteiger partial charge is 0.314 e. The molecule has 1 nitrogen and oxygen atoms in total. The fourth-order valence-corrected chi connectivity index (χ4v) is 4.41. The minimum Gasteiger partial charge on any atom is -0.314 e. The molecule has 0 aromatic carbocycles. The monoisotopic (exact) mass is 265 g/mol. The zero-order valence-electron chi connectivity index (χ0n) is 13.5. The van der Waals surface area contributed by atoms with Gasteiger partial charge in [-0.1, -0.05) is 59.3 Å². The Labute approximate surface area is 120 Å². The van der Waals surface area contributed by atoms with Gasteiger partial charge >= 0.3 is 0 Å². The zero-order valence-corrected chi connectivity index (χ0v) is 13.5. The summed E-state index contributed by atoms with van der Waals surface area (Å²) in [6.45, 7) is 8.22. The highest BCUT2D eigenvalue weighted by Gasteiger charge is 2.32. The summed E-state index contributed by atoms with van der Waals surface area (Å²) in [5.41, 5.74) is 0. The van der Waals surface area contributed by atoms with Crippen molar-refractivity contribution in [2.24, 2.45) is 23.7 Å². The molecule has 2 fully saturated rings. The van der Waals surface area contributed by atoms with Gasteiger partial charge in [-0.2, -0.15) is 0 Å². The van der Waals surface area contributed by atoms with Gasteiger partial charge in [0, 0.05) is 6.04 Å². The molecule has 0 heterocycles. The van der Waals surface area contributed by atoms with Crippen LogP contribution in [0.4, 0.5) is 0 Å². The maximum Gasteiger partial charge on any atom is 0.00104 e. The molecule has 0 amide bonds. The maximum atomic E-state index is 3.70. The molecule has 2 aliphatic carbocycles. The lowest BCUT2D eigenvalue weighted by atomic mass is 9.70. The molecule has 1 heteroatoms. The van der Waals surface area contributed by atoms with Gasteiger partial charge in [0.05, 0.1) is 0 Å². The fraction of sp³-hybridized carbons (Fsp3) is 1.00. The van der Waals surface area contributed by atoms with E-state index in [0.29, 0.717) is 6.04 Å². The SMILES string of the molecule is CCC1CCC(CNC(C)C)C(CC2CCCC2)C1. The highest BCUT2D eigenvalue weighted by atomic mass is 14.9. The molecule has 112 valence electrons. The van der Waals surface area contributed by atoms with E-state index in [1.54, 1.807) is 6.42 Å². The van der Waals surface area contributed by atoms with E-state index in [2.05, 4.69) is 26.1 Å². The normalized spacial score (nSPS) is 33.2. The predicted octanol–water partition coefficient (Wildman–Crippen LogP) is 5.01.